The zero-order valence-electron chi connectivity index (χ0n) is 19.1. The molecule has 0 saturated heterocycles. The lowest BCUT2D eigenvalue weighted by Crippen LogP contribution is -2.51. The van der Waals surface area contributed by atoms with Crippen molar-refractivity contribution >= 4 is 21.6 Å². The van der Waals surface area contributed by atoms with E-state index >= 15 is 0 Å². The van der Waals surface area contributed by atoms with E-state index in [-0.39, 0.29) is 23.4 Å². The SMILES string of the molecule is CC(NC(=O)C1CN(S(=O)(=O)c2ccccc2)c2ccccc2O1)c1ccc2c(c1)CCCC2. The van der Waals surface area contributed by atoms with E-state index in [4.69, 9.17) is 4.74 Å². The number of ether oxygens (including phenoxy) is 1. The van der Waals surface area contributed by atoms with E-state index in [2.05, 4.69) is 23.5 Å². The van der Waals surface area contributed by atoms with Crippen molar-refractivity contribution in [1.29, 1.82) is 0 Å². The predicted octanol–water partition coefficient (Wildman–Crippen LogP) is 4.40. The van der Waals surface area contributed by atoms with E-state index in [1.54, 1.807) is 54.6 Å². The molecule has 5 rings (SSSR count). The Morgan fingerprint density at radius 1 is 0.971 bits per heavy atom. The van der Waals surface area contributed by atoms with Gasteiger partial charge in [-0.15, -0.1) is 0 Å². The molecule has 2 aliphatic rings. The molecule has 1 amide bonds. The standard InChI is InChI=1S/C27H28N2O4S/c1-19(21-16-15-20-9-5-6-10-22(20)17-21)28-27(30)26-18-29(24-13-7-8-14-25(24)33-26)34(31,32)23-11-3-2-4-12-23/h2-4,7-8,11-17,19,26H,5-6,9-10,18H2,1H3,(H,28,30). The maximum Gasteiger partial charge on any atom is 0.264 e. The highest BCUT2D eigenvalue weighted by Gasteiger charge is 2.37. The summed E-state index contributed by atoms with van der Waals surface area (Å²) >= 11 is 0. The van der Waals surface area contributed by atoms with Gasteiger partial charge in [0.1, 0.15) is 5.75 Å². The molecule has 3 aromatic carbocycles. The van der Waals surface area contributed by atoms with E-state index in [1.165, 1.54) is 28.3 Å². The van der Waals surface area contributed by atoms with Gasteiger partial charge in [0.15, 0.2) is 6.10 Å². The van der Waals surface area contributed by atoms with Crippen LogP contribution in [0.1, 0.15) is 42.5 Å². The van der Waals surface area contributed by atoms with E-state index in [9.17, 15) is 13.2 Å². The first-order valence-electron chi connectivity index (χ1n) is 11.7. The molecule has 7 heteroatoms. The van der Waals surface area contributed by atoms with Crippen LogP contribution >= 0.6 is 0 Å². The van der Waals surface area contributed by atoms with Crippen LogP contribution in [0.25, 0.3) is 0 Å². The largest absolute Gasteiger partial charge is 0.476 e. The van der Waals surface area contributed by atoms with Crippen LogP contribution in [-0.4, -0.2) is 27.0 Å². The van der Waals surface area contributed by atoms with Gasteiger partial charge in [0.05, 0.1) is 23.2 Å². The van der Waals surface area contributed by atoms with Gasteiger partial charge in [-0.25, -0.2) is 8.42 Å². The number of carbonyl (C=O) groups excluding carboxylic acids is 1. The molecular weight excluding hydrogens is 448 g/mol. The summed E-state index contributed by atoms with van der Waals surface area (Å²) < 4.78 is 34.1. The van der Waals surface area contributed by atoms with Crippen LogP contribution < -0.4 is 14.4 Å². The van der Waals surface area contributed by atoms with Gasteiger partial charge in [-0.2, -0.15) is 0 Å². The Hall–Kier alpha value is -3.32. The maximum absolute atomic E-state index is 13.4. The second-order valence-corrected chi connectivity index (χ2v) is 10.8. The van der Waals surface area contributed by atoms with Crippen LogP contribution in [0.4, 0.5) is 5.69 Å². The molecule has 0 spiro atoms. The minimum Gasteiger partial charge on any atom is -0.476 e. The average molecular weight is 477 g/mol. The van der Waals surface area contributed by atoms with Crippen molar-refractivity contribution in [3.63, 3.8) is 0 Å². The zero-order chi connectivity index (χ0) is 23.7. The second-order valence-electron chi connectivity index (χ2n) is 8.89. The number of anilines is 1. The summed E-state index contributed by atoms with van der Waals surface area (Å²) in [5, 5.41) is 3.03. The minimum absolute atomic E-state index is 0.100. The molecule has 0 aromatic heterocycles. The molecule has 176 valence electrons. The number of aryl methyl sites for hydroxylation is 2. The van der Waals surface area contributed by atoms with E-state index < -0.39 is 16.1 Å². The number of hydrogen-bond donors (Lipinski definition) is 1. The molecule has 0 fully saturated rings. The van der Waals surface area contributed by atoms with Gasteiger partial charge < -0.3 is 10.1 Å². The third-order valence-corrected chi connectivity index (χ3v) is 8.38. The first-order chi connectivity index (χ1) is 16.4. The monoisotopic (exact) mass is 476 g/mol. The van der Waals surface area contributed by atoms with E-state index in [0.29, 0.717) is 11.4 Å². The van der Waals surface area contributed by atoms with Crippen molar-refractivity contribution in [3.8, 4) is 5.75 Å². The highest BCUT2D eigenvalue weighted by atomic mass is 32.2. The number of para-hydroxylation sites is 2. The van der Waals surface area contributed by atoms with E-state index in [0.717, 1.165) is 18.4 Å². The third-order valence-electron chi connectivity index (χ3n) is 6.59. The molecule has 2 atom stereocenters. The number of nitrogens with zero attached hydrogens (tertiary/aromatic N) is 1. The minimum atomic E-state index is -3.86. The molecule has 0 bridgehead atoms. The Balaban J connectivity index is 1.38. The summed E-state index contributed by atoms with van der Waals surface area (Å²) in [6, 6.07) is 21.3. The molecule has 34 heavy (non-hydrogen) atoms. The third kappa shape index (κ3) is 4.28. The summed E-state index contributed by atoms with van der Waals surface area (Å²) in [4.78, 5) is 13.4. The van der Waals surface area contributed by atoms with Gasteiger partial charge >= 0.3 is 0 Å². The van der Waals surface area contributed by atoms with Crippen LogP contribution in [-0.2, 0) is 27.7 Å². The second kappa shape index (κ2) is 9.14. The molecule has 1 aliphatic carbocycles. The summed E-state index contributed by atoms with van der Waals surface area (Å²) in [6.45, 7) is 1.84. The summed E-state index contributed by atoms with van der Waals surface area (Å²) in [6.07, 6.45) is 3.63. The Bertz CT molecular complexity index is 1310. The number of fused-ring (bicyclic) bond motifs is 2. The molecule has 1 N–H and O–H groups in total. The number of rotatable bonds is 5. The quantitative estimate of drug-likeness (QED) is 0.592. The molecule has 1 heterocycles. The van der Waals surface area contributed by atoms with Crippen molar-refractivity contribution in [2.75, 3.05) is 10.8 Å². The molecule has 6 nitrogen and oxygen atoms in total. The first kappa shape index (κ1) is 22.5. The summed E-state index contributed by atoms with van der Waals surface area (Å²) in [7, 11) is -3.86. The lowest BCUT2D eigenvalue weighted by atomic mass is 9.89. The maximum atomic E-state index is 13.4. The lowest BCUT2D eigenvalue weighted by molar-refractivity contribution is -0.128. The van der Waals surface area contributed by atoms with Crippen molar-refractivity contribution in [2.24, 2.45) is 0 Å². The Labute approximate surface area is 200 Å². The number of nitrogens with one attached hydrogen (secondary N) is 1. The van der Waals surface area contributed by atoms with Gasteiger partial charge in [0.25, 0.3) is 15.9 Å². The number of amides is 1. The molecule has 2 unspecified atom stereocenters. The molecule has 3 aromatic rings. The average Bonchev–Trinajstić information content (AvgIpc) is 2.88. The van der Waals surface area contributed by atoms with Gasteiger partial charge in [-0.1, -0.05) is 48.5 Å². The van der Waals surface area contributed by atoms with Crippen LogP contribution in [0.3, 0.4) is 0 Å². The number of carbonyl (C=O) groups is 1. The predicted molar refractivity (Wildman–Crippen MR) is 131 cm³/mol. The molecule has 0 saturated carbocycles. The van der Waals surface area contributed by atoms with Gasteiger partial charge in [-0.05, 0) is 73.6 Å². The van der Waals surface area contributed by atoms with Crippen molar-refractivity contribution < 1.29 is 17.9 Å². The van der Waals surface area contributed by atoms with Crippen LogP contribution in [0, 0.1) is 0 Å². The van der Waals surface area contributed by atoms with Crippen molar-refractivity contribution in [1.82, 2.24) is 5.32 Å². The van der Waals surface area contributed by atoms with Crippen molar-refractivity contribution in [2.45, 2.75) is 49.6 Å². The smallest absolute Gasteiger partial charge is 0.264 e. The highest BCUT2D eigenvalue weighted by Crippen LogP contribution is 2.37. The lowest BCUT2D eigenvalue weighted by Gasteiger charge is -2.35. The van der Waals surface area contributed by atoms with Crippen LogP contribution in [0.15, 0.2) is 77.7 Å². The summed E-state index contributed by atoms with van der Waals surface area (Å²) in [5.41, 5.74) is 4.22. The Morgan fingerprint density at radius 3 is 2.47 bits per heavy atom. The fourth-order valence-electron chi connectivity index (χ4n) is 4.70. The van der Waals surface area contributed by atoms with Gasteiger partial charge in [0, 0.05) is 0 Å². The highest BCUT2D eigenvalue weighted by molar-refractivity contribution is 7.92. The Morgan fingerprint density at radius 2 is 1.68 bits per heavy atom. The number of hydrogen-bond acceptors (Lipinski definition) is 4. The normalized spacial score (nSPS) is 18.3. The zero-order valence-corrected chi connectivity index (χ0v) is 19.9. The number of benzene rings is 3. The van der Waals surface area contributed by atoms with Gasteiger partial charge in [-0.3, -0.25) is 9.10 Å². The fraction of sp³-hybridized carbons (Fsp3) is 0.296. The van der Waals surface area contributed by atoms with E-state index in [1.807, 2.05) is 6.92 Å². The van der Waals surface area contributed by atoms with Crippen molar-refractivity contribution in [3.05, 3.63) is 89.5 Å². The molecule has 0 radical (unpaired) electrons. The molecule has 1 aliphatic heterocycles. The van der Waals surface area contributed by atoms with Gasteiger partial charge in [0.2, 0.25) is 0 Å². The first-order valence-corrected chi connectivity index (χ1v) is 13.1. The fourth-order valence-corrected chi connectivity index (χ4v) is 6.20. The van der Waals surface area contributed by atoms with Crippen LogP contribution in [0.5, 0.6) is 5.75 Å². The van der Waals surface area contributed by atoms with Crippen LogP contribution in [0.2, 0.25) is 0 Å². The number of sulfonamides is 1. The summed E-state index contributed by atoms with van der Waals surface area (Å²) in [5.74, 6) is 0.0304. The topological polar surface area (TPSA) is 75.7 Å². The molecular formula is C27H28N2O4S. The Kier molecular flexibility index (Phi) is 6.04.